The Kier molecular flexibility index (Phi) is 6.30. The van der Waals surface area contributed by atoms with Crippen LogP contribution in [0.5, 0.6) is 0 Å². The molecule has 0 saturated carbocycles. The summed E-state index contributed by atoms with van der Waals surface area (Å²) in [5.41, 5.74) is 3.64. The molecule has 1 N–H and O–H groups in total. The van der Waals surface area contributed by atoms with Crippen molar-refractivity contribution in [2.45, 2.75) is 20.0 Å². The van der Waals surface area contributed by atoms with Crippen molar-refractivity contribution in [2.75, 3.05) is 5.32 Å². The van der Waals surface area contributed by atoms with Crippen molar-refractivity contribution in [3.05, 3.63) is 106 Å². The zero-order valence-corrected chi connectivity index (χ0v) is 18.5. The van der Waals surface area contributed by atoms with Gasteiger partial charge in [0.05, 0.1) is 6.54 Å². The maximum atomic E-state index is 12.8. The maximum Gasteiger partial charge on any atom is 0.203 e. The highest BCUT2D eigenvalue weighted by Gasteiger charge is 2.15. The fraction of sp³-hybridized carbons (Fsp3) is 0.125. The van der Waals surface area contributed by atoms with Gasteiger partial charge in [0, 0.05) is 22.0 Å². The second-order valence-corrected chi connectivity index (χ2v) is 7.98. The number of hydrogen-bond acceptors (Lipinski definition) is 4. The van der Waals surface area contributed by atoms with E-state index in [0.717, 1.165) is 17.2 Å². The standard InChI is InChI=1S/C24H21ClN4OS/c1-17-6-5-7-20(14-17)26-15-23-27-28(16-22(30)18-10-12-19(25)13-11-18)24(31)29(23)21-8-3-2-4-9-21/h2-14,26H,15-16H2,1H3. The Morgan fingerprint density at radius 2 is 1.77 bits per heavy atom. The van der Waals surface area contributed by atoms with Gasteiger partial charge in [-0.2, -0.15) is 5.10 Å². The zero-order valence-electron chi connectivity index (χ0n) is 17.0. The lowest BCUT2D eigenvalue weighted by Crippen LogP contribution is -2.12. The Hall–Kier alpha value is -3.22. The van der Waals surface area contributed by atoms with Gasteiger partial charge in [0.2, 0.25) is 4.77 Å². The van der Waals surface area contributed by atoms with Gasteiger partial charge >= 0.3 is 0 Å². The molecule has 0 radical (unpaired) electrons. The molecular formula is C24H21ClN4OS. The summed E-state index contributed by atoms with van der Waals surface area (Å²) in [4.78, 5) is 12.8. The van der Waals surface area contributed by atoms with Crippen molar-refractivity contribution in [1.29, 1.82) is 0 Å². The topological polar surface area (TPSA) is 51.9 Å². The minimum atomic E-state index is -0.0799. The van der Waals surface area contributed by atoms with Crippen molar-refractivity contribution < 1.29 is 4.79 Å². The van der Waals surface area contributed by atoms with Gasteiger partial charge in [-0.05, 0) is 73.2 Å². The Morgan fingerprint density at radius 1 is 1.03 bits per heavy atom. The Morgan fingerprint density at radius 3 is 2.48 bits per heavy atom. The number of carbonyl (C=O) groups excluding carboxylic acids is 1. The van der Waals surface area contributed by atoms with Crippen LogP contribution in [0.25, 0.3) is 5.69 Å². The second kappa shape index (κ2) is 9.29. The smallest absolute Gasteiger partial charge is 0.203 e. The van der Waals surface area contributed by atoms with Crippen molar-refractivity contribution in [3.8, 4) is 5.69 Å². The second-order valence-electron chi connectivity index (χ2n) is 7.18. The largest absolute Gasteiger partial charge is 0.378 e. The van der Waals surface area contributed by atoms with Crippen LogP contribution in [0.4, 0.5) is 5.69 Å². The van der Waals surface area contributed by atoms with Gasteiger partial charge in [0.15, 0.2) is 11.6 Å². The van der Waals surface area contributed by atoms with Crippen LogP contribution in [0.1, 0.15) is 21.7 Å². The molecule has 4 rings (SSSR count). The third-order valence-corrected chi connectivity index (χ3v) is 5.49. The van der Waals surface area contributed by atoms with E-state index in [1.165, 1.54) is 5.56 Å². The van der Waals surface area contributed by atoms with E-state index in [9.17, 15) is 4.79 Å². The summed E-state index contributed by atoms with van der Waals surface area (Å²) in [7, 11) is 0. The molecule has 0 atom stereocenters. The van der Waals surface area contributed by atoms with Crippen molar-refractivity contribution in [3.63, 3.8) is 0 Å². The third kappa shape index (κ3) is 4.93. The lowest BCUT2D eigenvalue weighted by atomic mass is 10.1. The van der Waals surface area contributed by atoms with Gasteiger partial charge < -0.3 is 5.32 Å². The van der Waals surface area contributed by atoms with Crippen LogP contribution in [-0.4, -0.2) is 20.1 Å². The third-order valence-electron chi connectivity index (χ3n) is 4.85. The highest BCUT2D eigenvalue weighted by Crippen LogP contribution is 2.17. The number of Topliss-reactive ketones (excluding diaryl/α,β-unsaturated/α-hetero) is 1. The molecular weight excluding hydrogens is 428 g/mol. The number of para-hydroxylation sites is 1. The average Bonchev–Trinajstić information content (AvgIpc) is 3.08. The van der Waals surface area contributed by atoms with E-state index in [1.807, 2.05) is 60.0 Å². The maximum absolute atomic E-state index is 12.8. The van der Waals surface area contributed by atoms with Gasteiger partial charge in [-0.1, -0.05) is 41.9 Å². The molecule has 0 amide bonds. The predicted molar refractivity (Wildman–Crippen MR) is 127 cm³/mol. The number of hydrogen-bond donors (Lipinski definition) is 1. The van der Waals surface area contributed by atoms with E-state index in [-0.39, 0.29) is 12.3 Å². The minimum absolute atomic E-state index is 0.0533. The highest BCUT2D eigenvalue weighted by atomic mass is 35.5. The van der Waals surface area contributed by atoms with Crippen LogP contribution in [0.3, 0.4) is 0 Å². The number of ketones is 1. The molecule has 3 aromatic carbocycles. The number of halogens is 1. The molecule has 31 heavy (non-hydrogen) atoms. The van der Waals surface area contributed by atoms with Gasteiger partial charge in [-0.3, -0.25) is 9.36 Å². The number of nitrogens with one attached hydrogen (secondary N) is 1. The van der Waals surface area contributed by atoms with E-state index in [2.05, 4.69) is 16.5 Å². The van der Waals surface area contributed by atoms with Crippen molar-refractivity contribution >= 4 is 35.3 Å². The number of nitrogens with zero attached hydrogens (tertiary/aromatic N) is 3. The average molecular weight is 449 g/mol. The summed E-state index contributed by atoms with van der Waals surface area (Å²) < 4.78 is 3.94. The van der Waals surface area contributed by atoms with Gasteiger partial charge in [-0.15, -0.1) is 0 Å². The zero-order chi connectivity index (χ0) is 21.8. The van der Waals surface area contributed by atoms with E-state index < -0.39 is 0 Å². The first-order valence-corrected chi connectivity index (χ1v) is 10.6. The van der Waals surface area contributed by atoms with Gasteiger partial charge in [0.1, 0.15) is 6.54 Å². The quantitative estimate of drug-likeness (QED) is 0.284. The van der Waals surface area contributed by atoms with Crippen molar-refractivity contribution in [1.82, 2.24) is 14.3 Å². The molecule has 0 spiro atoms. The Labute approximate surface area is 190 Å². The lowest BCUT2D eigenvalue weighted by molar-refractivity contribution is 0.0967. The van der Waals surface area contributed by atoms with Crippen molar-refractivity contribution in [2.24, 2.45) is 0 Å². The number of rotatable bonds is 7. The summed E-state index contributed by atoms with van der Waals surface area (Å²) in [5, 5.41) is 8.66. The summed E-state index contributed by atoms with van der Waals surface area (Å²) in [6, 6.07) is 24.8. The van der Waals surface area contributed by atoms with Crippen LogP contribution in [0.2, 0.25) is 5.02 Å². The molecule has 4 aromatic rings. The summed E-state index contributed by atoms with van der Waals surface area (Å²) in [6.45, 7) is 2.57. The summed E-state index contributed by atoms with van der Waals surface area (Å²) in [6.07, 6.45) is 0. The molecule has 156 valence electrons. The summed E-state index contributed by atoms with van der Waals surface area (Å²) >= 11 is 11.6. The van der Waals surface area contributed by atoms with E-state index >= 15 is 0 Å². The molecule has 1 heterocycles. The van der Waals surface area contributed by atoms with Crippen LogP contribution >= 0.6 is 23.8 Å². The number of carbonyl (C=O) groups is 1. The normalized spacial score (nSPS) is 10.8. The molecule has 0 fully saturated rings. The fourth-order valence-corrected chi connectivity index (χ4v) is 3.75. The lowest BCUT2D eigenvalue weighted by Gasteiger charge is -2.09. The van der Waals surface area contributed by atoms with Crippen LogP contribution in [-0.2, 0) is 13.1 Å². The number of aromatic nitrogens is 3. The SMILES string of the molecule is Cc1cccc(NCc2nn(CC(=O)c3ccc(Cl)cc3)c(=S)n2-c2ccccc2)c1. The molecule has 1 aromatic heterocycles. The predicted octanol–water partition coefficient (Wildman–Crippen LogP) is 5.86. The molecule has 0 aliphatic carbocycles. The first-order valence-electron chi connectivity index (χ1n) is 9.85. The monoisotopic (exact) mass is 448 g/mol. The van der Waals surface area contributed by atoms with Gasteiger partial charge in [-0.25, -0.2) is 4.68 Å². The minimum Gasteiger partial charge on any atom is -0.378 e. The Bertz CT molecular complexity index is 1260. The van der Waals surface area contributed by atoms with E-state index in [1.54, 1.807) is 28.9 Å². The molecule has 0 unspecified atom stereocenters. The molecule has 0 aliphatic rings. The van der Waals surface area contributed by atoms with Crippen LogP contribution in [0.15, 0.2) is 78.9 Å². The number of aryl methyl sites for hydroxylation is 1. The Balaban J connectivity index is 1.65. The van der Waals surface area contributed by atoms with E-state index in [4.69, 9.17) is 23.8 Å². The summed E-state index contributed by atoms with van der Waals surface area (Å²) in [5.74, 6) is 0.644. The number of anilines is 1. The fourth-order valence-electron chi connectivity index (χ4n) is 3.31. The molecule has 0 aliphatic heterocycles. The molecule has 0 saturated heterocycles. The first-order chi connectivity index (χ1) is 15.0. The van der Waals surface area contributed by atoms with Crippen LogP contribution in [0, 0.1) is 11.7 Å². The molecule has 7 heteroatoms. The highest BCUT2D eigenvalue weighted by molar-refractivity contribution is 7.71. The molecule has 0 bridgehead atoms. The van der Waals surface area contributed by atoms with Gasteiger partial charge in [0.25, 0.3) is 0 Å². The first kappa shape index (κ1) is 21.0. The number of benzene rings is 3. The van der Waals surface area contributed by atoms with Crippen LogP contribution < -0.4 is 5.32 Å². The van der Waals surface area contributed by atoms with E-state index in [0.29, 0.717) is 21.9 Å². The molecule has 5 nitrogen and oxygen atoms in total.